The number of rotatable bonds is 0. The third kappa shape index (κ3) is 4.36. The molecule has 0 aromatic heterocycles. The maximum absolute atomic E-state index is 6.19. The van der Waals surface area contributed by atoms with Gasteiger partial charge in [0.05, 0.1) is 0 Å². The molecule has 1 heterocycles. The molecule has 0 radical (unpaired) electrons. The van der Waals surface area contributed by atoms with E-state index in [1.165, 1.54) is 32.7 Å². The average molecular weight is 413 g/mol. The standard InChI is InChI=1S/C27H28N2O2/c1-3-8-22-20(6-1)10-12-26-24(22)18-28-14-5-15-29-19-25-23-9-4-2-7-21(23)11-13-27(25)31-17-16-30-26/h1-4,6-13,28-29H,5,14-19H2. The summed E-state index contributed by atoms with van der Waals surface area (Å²) in [6.45, 7) is 4.50. The first-order chi connectivity index (χ1) is 15.4. The summed E-state index contributed by atoms with van der Waals surface area (Å²) < 4.78 is 12.4. The molecule has 31 heavy (non-hydrogen) atoms. The molecule has 1 aliphatic heterocycles. The zero-order chi connectivity index (χ0) is 20.9. The largest absolute Gasteiger partial charge is 0.490 e. The van der Waals surface area contributed by atoms with Crippen LogP contribution in [-0.4, -0.2) is 26.3 Å². The Balaban J connectivity index is 1.42. The van der Waals surface area contributed by atoms with E-state index in [0.29, 0.717) is 13.2 Å². The first-order valence-electron chi connectivity index (χ1n) is 11.1. The lowest BCUT2D eigenvalue weighted by molar-refractivity contribution is 0.215. The Bertz CT molecular complexity index is 1100. The van der Waals surface area contributed by atoms with E-state index in [2.05, 4.69) is 83.4 Å². The molecule has 4 nitrogen and oxygen atoms in total. The molecular weight excluding hydrogens is 384 g/mol. The van der Waals surface area contributed by atoms with Crippen molar-refractivity contribution in [2.75, 3.05) is 26.3 Å². The highest BCUT2D eigenvalue weighted by Crippen LogP contribution is 2.30. The molecule has 4 aromatic carbocycles. The average Bonchev–Trinajstić information content (AvgIpc) is 2.82. The Hall–Kier alpha value is -3.08. The molecule has 158 valence electrons. The molecule has 0 fully saturated rings. The van der Waals surface area contributed by atoms with Gasteiger partial charge >= 0.3 is 0 Å². The van der Waals surface area contributed by atoms with E-state index in [-0.39, 0.29) is 0 Å². The van der Waals surface area contributed by atoms with Crippen molar-refractivity contribution in [1.29, 1.82) is 0 Å². The first-order valence-corrected chi connectivity index (χ1v) is 11.1. The van der Waals surface area contributed by atoms with E-state index in [4.69, 9.17) is 9.47 Å². The second-order valence-electron chi connectivity index (χ2n) is 7.93. The van der Waals surface area contributed by atoms with Gasteiger partial charge in [-0.05, 0) is 53.2 Å². The molecule has 2 N–H and O–H groups in total. The quantitative estimate of drug-likeness (QED) is 0.425. The molecule has 0 atom stereocenters. The van der Waals surface area contributed by atoms with Crippen LogP contribution in [0.25, 0.3) is 21.5 Å². The summed E-state index contributed by atoms with van der Waals surface area (Å²) in [4.78, 5) is 0. The molecule has 0 unspecified atom stereocenters. The Morgan fingerprint density at radius 2 is 1.03 bits per heavy atom. The number of hydrogen-bond donors (Lipinski definition) is 2. The van der Waals surface area contributed by atoms with Crippen LogP contribution in [0.4, 0.5) is 0 Å². The molecule has 5 rings (SSSR count). The van der Waals surface area contributed by atoms with E-state index < -0.39 is 0 Å². The van der Waals surface area contributed by atoms with E-state index in [1.54, 1.807) is 0 Å². The predicted octanol–water partition coefficient (Wildman–Crippen LogP) is 5.03. The SMILES string of the molecule is c1ccc2c3c(ccc2c1)OCCOc1ccc2ccccc2c1CNCCCNC3. The van der Waals surface area contributed by atoms with E-state index >= 15 is 0 Å². The Morgan fingerprint density at radius 3 is 1.55 bits per heavy atom. The molecule has 0 saturated carbocycles. The lowest BCUT2D eigenvalue weighted by Gasteiger charge is -2.16. The van der Waals surface area contributed by atoms with Crippen molar-refractivity contribution >= 4 is 21.5 Å². The smallest absolute Gasteiger partial charge is 0.124 e. The molecule has 0 spiro atoms. The minimum atomic E-state index is 0.505. The van der Waals surface area contributed by atoms with E-state index in [0.717, 1.165) is 44.1 Å². The van der Waals surface area contributed by atoms with Crippen LogP contribution in [-0.2, 0) is 13.1 Å². The maximum atomic E-state index is 6.19. The maximum Gasteiger partial charge on any atom is 0.124 e. The fraction of sp³-hybridized carbons (Fsp3) is 0.259. The molecular formula is C27H28N2O2. The Morgan fingerprint density at radius 1 is 0.548 bits per heavy atom. The summed E-state index contributed by atoms with van der Waals surface area (Å²) >= 11 is 0. The van der Waals surface area contributed by atoms with Crippen LogP contribution in [0.15, 0.2) is 72.8 Å². The van der Waals surface area contributed by atoms with Gasteiger partial charge in [-0.2, -0.15) is 0 Å². The molecule has 1 aliphatic rings. The summed E-state index contributed by atoms with van der Waals surface area (Å²) in [5, 5.41) is 12.2. The summed E-state index contributed by atoms with van der Waals surface area (Å²) in [5.41, 5.74) is 2.43. The van der Waals surface area contributed by atoms with Crippen LogP contribution in [0, 0.1) is 0 Å². The van der Waals surface area contributed by atoms with Crippen LogP contribution in [0.2, 0.25) is 0 Å². The van der Waals surface area contributed by atoms with Crippen LogP contribution >= 0.6 is 0 Å². The topological polar surface area (TPSA) is 42.5 Å². The van der Waals surface area contributed by atoms with Gasteiger partial charge in [0, 0.05) is 24.2 Å². The highest BCUT2D eigenvalue weighted by molar-refractivity contribution is 5.88. The Labute approximate surface area is 183 Å². The molecule has 0 saturated heterocycles. The van der Waals surface area contributed by atoms with Gasteiger partial charge in [-0.25, -0.2) is 0 Å². The fourth-order valence-electron chi connectivity index (χ4n) is 4.34. The van der Waals surface area contributed by atoms with Gasteiger partial charge in [0.25, 0.3) is 0 Å². The van der Waals surface area contributed by atoms with Gasteiger partial charge in [0.1, 0.15) is 24.7 Å². The van der Waals surface area contributed by atoms with Crippen molar-refractivity contribution in [2.45, 2.75) is 19.5 Å². The second kappa shape index (κ2) is 9.38. The van der Waals surface area contributed by atoms with Crippen LogP contribution < -0.4 is 20.1 Å². The van der Waals surface area contributed by atoms with Crippen LogP contribution in [0.5, 0.6) is 11.5 Å². The van der Waals surface area contributed by atoms with Crippen LogP contribution in [0.1, 0.15) is 17.5 Å². The third-order valence-electron chi connectivity index (χ3n) is 5.90. The van der Waals surface area contributed by atoms with Crippen molar-refractivity contribution in [3.63, 3.8) is 0 Å². The van der Waals surface area contributed by atoms with Gasteiger partial charge < -0.3 is 20.1 Å². The molecule has 4 aromatic rings. The van der Waals surface area contributed by atoms with Crippen molar-refractivity contribution in [3.05, 3.63) is 83.9 Å². The Kier molecular flexibility index (Phi) is 6.01. The lowest BCUT2D eigenvalue weighted by Crippen LogP contribution is -2.22. The number of fused-ring (bicyclic) bond motifs is 6. The summed E-state index contributed by atoms with van der Waals surface area (Å²) in [7, 11) is 0. The lowest BCUT2D eigenvalue weighted by atomic mass is 10.0. The van der Waals surface area contributed by atoms with Crippen molar-refractivity contribution in [2.24, 2.45) is 0 Å². The fourth-order valence-corrected chi connectivity index (χ4v) is 4.34. The highest BCUT2D eigenvalue weighted by atomic mass is 16.5. The normalized spacial score (nSPS) is 15.7. The zero-order valence-electron chi connectivity index (χ0n) is 17.7. The minimum Gasteiger partial charge on any atom is -0.490 e. The first kappa shape index (κ1) is 19.9. The molecule has 0 aliphatic carbocycles. The summed E-state index contributed by atoms with van der Waals surface area (Å²) in [6.07, 6.45) is 1.06. The highest BCUT2D eigenvalue weighted by Gasteiger charge is 2.12. The van der Waals surface area contributed by atoms with Crippen molar-refractivity contribution in [3.8, 4) is 11.5 Å². The number of nitrogens with one attached hydrogen (secondary N) is 2. The van der Waals surface area contributed by atoms with Gasteiger partial charge in [-0.15, -0.1) is 0 Å². The molecule has 4 heteroatoms. The summed E-state index contributed by atoms with van der Waals surface area (Å²) in [5.74, 6) is 1.86. The van der Waals surface area contributed by atoms with Crippen LogP contribution in [0.3, 0.4) is 0 Å². The number of ether oxygens (including phenoxy) is 2. The predicted molar refractivity (Wildman–Crippen MR) is 127 cm³/mol. The van der Waals surface area contributed by atoms with Gasteiger partial charge in [0.2, 0.25) is 0 Å². The third-order valence-corrected chi connectivity index (χ3v) is 5.90. The van der Waals surface area contributed by atoms with Gasteiger partial charge in [0.15, 0.2) is 0 Å². The molecule has 0 amide bonds. The monoisotopic (exact) mass is 412 g/mol. The summed E-state index contributed by atoms with van der Waals surface area (Å²) in [6, 6.07) is 25.4. The van der Waals surface area contributed by atoms with E-state index in [1.807, 2.05) is 0 Å². The minimum absolute atomic E-state index is 0.505. The number of benzene rings is 4. The second-order valence-corrected chi connectivity index (χ2v) is 7.93. The zero-order valence-corrected chi connectivity index (χ0v) is 17.7. The van der Waals surface area contributed by atoms with E-state index in [9.17, 15) is 0 Å². The number of hydrogen-bond acceptors (Lipinski definition) is 4. The van der Waals surface area contributed by atoms with Gasteiger partial charge in [-0.3, -0.25) is 0 Å². The van der Waals surface area contributed by atoms with Crippen molar-refractivity contribution < 1.29 is 9.47 Å². The van der Waals surface area contributed by atoms with Crippen molar-refractivity contribution in [1.82, 2.24) is 10.6 Å². The molecule has 0 bridgehead atoms. The van der Waals surface area contributed by atoms with Gasteiger partial charge in [-0.1, -0.05) is 60.7 Å².